The van der Waals surface area contributed by atoms with Crippen LogP contribution >= 0.6 is 11.8 Å². The highest BCUT2D eigenvalue weighted by atomic mass is 32.2. The number of amides is 1. The van der Waals surface area contributed by atoms with E-state index < -0.39 is 0 Å². The third-order valence-corrected chi connectivity index (χ3v) is 4.80. The number of benzene rings is 1. The summed E-state index contributed by atoms with van der Waals surface area (Å²) in [5.41, 5.74) is 7.17. The first-order valence-electron chi connectivity index (χ1n) is 7.69. The summed E-state index contributed by atoms with van der Waals surface area (Å²) in [5, 5.41) is 9.83. The van der Waals surface area contributed by atoms with Crippen LogP contribution in [0.1, 0.15) is 26.6 Å². The zero-order valence-corrected chi connectivity index (χ0v) is 14.5. The predicted molar refractivity (Wildman–Crippen MR) is 95.1 cm³/mol. The molecule has 0 saturated heterocycles. The number of nitrogens with one attached hydrogen (secondary N) is 2. The summed E-state index contributed by atoms with van der Waals surface area (Å²) in [6.45, 7) is 6.52. The number of thioether (sulfide) groups is 1. The van der Waals surface area contributed by atoms with Crippen LogP contribution in [0.5, 0.6) is 0 Å². The van der Waals surface area contributed by atoms with Crippen LogP contribution in [0.15, 0.2) is 24.3 Å². The van der Waals surface area contributed by atoms with Crippen LogP contribution in [0, 0.1) is 5.92 Å². The van der Waals surface area contributed by atoms with Crippen molar-refractivity contribution in [2.75, 3.05) is 11.1 Å². The lowest BCUT2D eigenvalue weighted by Gasteiger charge is -2.19. The summed E-state index contributed by atoms with van der Waals surface area (Å²) in [6, 6.07) is 7.49. The number of rotatable bonds is 7. The maximum absolute atomic E-state index is 12.4. The molecule has 1 unspecified atom stereocenters. The fourth-order valence-electron chi connectivity index (χ4n) is 2.18. The minimum atomic E-state index is -0.0419. The van der Waals surface area contributed by atoms with Crippen LogP contribution < -0.4 is 11.1 Å². The van der Waals surface area contributed by atoms with Gasteiger partial charge in [-0.25, -0.2) is 4.98 Å². The molecule has 2 aromatic rings. The predicted octanol–water partition coefficient (Wildman–Crippen LogP) is 2.65. The Hall–Kier alpha value is -1.86. The van der Waals surface area contributed by atoms with E-state index in [1.165, 1.54) is 0 Å². The van der Waals surface area contributed by atoms with Crippen molar-refractivity contribution in [1.82, 2.24) is 15.2 Å². The van der Waals surface area contributed by atoms with Crippen molar-refractivity contribution in [3.05, 3.63) is 30.1 Å². The number of aromatic nitrogens is 3. The monoisotopic (exact) mass is 333 g/mol. The molecule has 7 heteroatoms. The normalized spacial score (nSPS) is 12.4. The number of anilines is 1. The van der Waals surface area contributed by atoms with Gasteiger partial charge in [-0.1, -0.05) is 20.8 Å². The molecule has 1 aromatic carbocycles. The van der Waals surface area contributed by atoms with Crippen LogP contribution in [0.25, 0.3) is 11.4 Å². The van der Waals surface area contributed by atoms with Gasteiger partial charge in [0.1, 0.15) is 5.82 Å². The molecule has 0 fully saturated rings. The zero-order valence-electron chi connectivity index (χ0n) is 13.7. The van der Waals surface area contributed by atoms with Gasteiger partial charge in [0.2, 0.25) is 5.91 Å². The Morgan fingerprint density at radius 2 is 2.04 bits per heavy atom. The molecule has 0 aliphatic heterocycles. The van der Waals surface area contributed by atoms with Gasteiger partial charge in [0.05, 0.1) is 11.8 Å². The highest BCUT2D eigenvalue weighted by Crippen LogP contribution is 2.22. The molecule has 1 amide bonds. The summed E-state index contributed by atoms with van der Waals surface area (Å²) in [4.78, 5) is 16.6. The molecule has 1 atom stereocenters. The minimum Gasteiger partial charge on any atom is -0.325 e. The fraction of sp³-hybridized carbons (Fsp3) is 0.438. The molecular weight excluding hydrogens is 310 g/mol. The van der Waals surface area contributed by atoms with Gasteiger partial charge in [0.25, 0.3) is 0 Å². The molecular formula is C16H23N5OS. The van der Waals surface area contributed by atoms with E-state index in [0.29, 0.717) is 24.1 Å². The Labute approximate surface area is 140 Å². The SMILES string of the molecule is CCSC(C(=O)Nc1ccc(-c2n[nH]c(CN)n2)cc1)C(C)C. The van der Waals surface area contributed by atoms with Crippen LogP contribution in [0.3, 0.4) is 0 Å². The molecule has 4 N–H and O–H groups in total. The summed E-state index contributed by atoms with van der Waals surface area (Å²) < 4.78 is 0. The summed E-state index contributed by atoms with van der Waals surface area (Å²) in [6.07, 6.45) is 0. The topological polar surface area (TPSA) is 96.7 Å². The first-order valence-corrected chi connectivity index (χ1v) is 8.74. The van der Waals surface area contributed by atoms with Crippen molar-refractivity contribution in [1.29, 1.82) is 0 Å². The molecule has 0 radical (unpaired) electrons. The Morgan fingerprint density at radius 3 is 2.57 bits per heavy atom. The van der Waals surface area contributed by atoms with Crippen LogP contribution in [0.2, 0.25) is 0 Å². The molecule has 0 saturated carbocycles. The Balaban J connectivity index is 2.06. The van der Waals surface area contributed by atoms with Crippen LogP contribution in [-0.2, 0) is 11.3 Å². The second-order valence-electron chi connectivity index (χ2n) is 5.50. The van der Waals surface area contributed by atoms with Gasteiger partial charge in [-0.15, -0.1) is 11.8 Å². The largest absolute Gasteiger partial charge is 0.325 e. The van der Waals surface area contributed by atoms with E-state index in [9.17, 15) is 4.79 Å². The standard InChI is InChI=1S/C16H23N5OS/c1-4-23-14(10(2)3)16(22)18-12-7-5-11(6-8-12)15-19-13(9-17)20-21-15/h5-8,10,14H,4,9,17H2,1-3H3,(H,18,22)(H,19,20,21). The number of carbonyl (C=O) groups excluding carboxylic acids is 1. The smallest absolute Gasteiger partial charge is 0.237 e. The average Bonchev–Trinajstić information content (AvgIpc) is 3.02. The number of nitrogens with two attached hydrogens (primary N) is 1. The van der Waals surface area contributed by atoms with E-state index in [2.05, 4.69) is 41.3 Å². The molecule has 0 bridgehead atoms. The van der Waals surface area contributed by atoms with Crippen molar-refractivity contribution in [2.45, 2.75) is 32.6 Å². The molecule has 0 spiro atoms. The fourth-order valence-corrected chi connectivity index (χ4v) is 3.14. The molecule has 124 valence electrons. The number of H-pyrrole nitrogens is 1. The van der Waals surface area contributed by atoms with Gasteiger partial charge in [-0.05, 0) is 35.9 Å². The molecule has 6 nitrogen and oxygen atoms in total. The van der Waals surface area contributed by atoms with E-state index in [1.54, 1.807) is 11.8 Å². The lowest BCUT2D eigenvalue weighted by Crippen LogP contribution is -2.29. The number of hydrogen-bond acceptors (Lipinski definition) is 5. The highest BCUT2D eigenvalue weighted by Gasteiger charge is 2.22. The Bertz CT molecular complexity index is 638. The third kappa shape index (κ3) is 4.56. The van der Waals surface area contributed by atoms with Crippen molar-refractivity contribution < 1.29 is 4.79 Å². The van der Waals surface area contributed by atoms with Gasteiger partial charge in [-0.3, -0.25) is 9.89 Å². The molecule has 0 aliphatic rings. The zero-order chi connectivity index (χ0) is 16.8. The quantitative estimate of drug-likeness (QED) is 0.724. The van der Waals surface area contributed by atoms with Crippen molar-refractivity contribution in [3.8, 4) is 11.4 Å². The lowest BCUT2D eigenvalue weighted by atomic mass is 10.1. The molecule has 1 heterocycles. The van der Waals surface area contributed by atoms with E-state index in [-0.39, 0.29) is 11.2 Å². The van der Waals surface area contributed by atoms with Gasteiger partial charge >= 0.3 is 0 Å². The molecule has 1 aromatic heterocycles. The molecule has 2 rings (SSSR count). The van der Waals surface area contributed by atoms with Crippen LogP contribution in [0.4, 0.5) is 5.69 Å². The van der Waals surface area contributed by atoms with Gasteiger partial charge in [0, 0.05) is 11.3 Å². The summed E-state index contributed by atoms with van der Waals surface area (Å²) >= 11 is 1.67. The number of aromatic amines is 1. The summed E-state index contributed by atoms with van der Waals surface area (Å²) in [5.74, 6) is 2.51. The van der Waals surface area contributed by atoms with Gasteiger partial charge in [-0.2, -0.15) is 5.10 Å². The van der Waals surface area contributed by atoms with Crippen LogP contribution in [-0.4, -0.2) is 32.1 Å². The Kier molecular flexibility index (Phi) is 6.18. The van der Waals surface area contributed by atoms with Crippen molar-refractivity contribution in [2.24, 2.45) is 11.7 Å². The van der Waals surface area contributed by atoms with Gasteiger partial charge < -0.3 is 11.1 Å². The van der Waals surface area contributed by atoms with E-state index >= 15 is 0 Å². The van der Waals surface area contributed by atoms with Crippen molar-refractivity contribution in [3.63, 3.8) is 0 Å². The first kappa shape index (κ1) is 17.5. The lowest BCUT2D eigenvalue weighted by molar-refractivity contribution is -0.116. The average molecular weight is 333 g/mol. The molecule has 23 heavy (non-hydrogen) atoms. The minimum absolute atomic E-state index is 0.0419. The third-order valence-electron chi connectivity index (χ3n) is 3.35. The second-order valence-corrected chi connectivity index (χ2v) is 6.91. The van der Waals surface area contributed by atoms with Crippen molar-refractivity contribution >= 4 is 23.4 Å². The first-order chi connectivity index (χ1) is 11.0. The van der Waals surface area contributed by atoms with Gasteiger partial charge in [0.15, 0.2) is 5.82 Å². The number of nitrogens with zero attached hydrogens (tertiary/aromatic N) is 2. The van der Waals surface area contributed by atoms with E-state index in [0.717, 1.165) is 17.0 Å². The maximum Gasteiger partial charge on any atom is 0.237 e. The summed E-state index contributed by atoms with van der Waals surface area (Å²) in [7, 11) is 0. The maximum atomic E-state index is 12.4. The highest BCUT2D eigenvalue weighted by molar-refractivity contribution is 8.00. The second kappa shape index (κ2) is 8.12. The molecule has 0 aliphatic carbocycles. The number of hydrogen-bond donors (Lipinski definition) is 3. The number of carbonyl (C=O) groups is 1. The Morgan fingerprint density at radius 1 is 1.35 bits per heavy atom. The van der Waals surface area contributed by atoms with E-state index in [1.807, 2.05) is 24.3 Å². The van der Waals surface area contributed by atoms with E-state index in [4.69, 9.17) is 5.73 Å².